The Labute approximate surface area is 160 Å². The number of carbonyl (C=O) groups excluding carboxylic acids is 1. The van der Waals surface area contributed by atoms with E-state index in [0.29, 0.717) is 31.9 Å². The van der Waals surface area contributed by atoms with Crippen LogP contribution in [0.1, 0.15) is 10.5 Å². The number of aryl methyl sites for hydroxylation is 2. The van der Waals surface area contributed by atoms with Crippen LogP contribution in [-0.4, -0.2) is 56.5 Å². The summed E-state index contributed by atoms with van der Waals surface area (Å²) in [6.45, 7) is 2.51. The minimum absolute atomic E-state index is 0.0189. The molecule has 27 heavy (non-hydrogen) atoms. The highest BCUT2D eigenvalue weighted by molar-refractivity contribution is 7.13. The fraction of sp³-hybridized carbons (Fsp3) is 0.333. The lowest BCUT2D eigenvalue weighted by atomic mass is 10.2. The second-order valence-electron chi connectivity index (χ2n) is 6.47. The van der Waals surface area contributed by atoms with Gasteiger partial charge in [-0.3, -0.25) is 14.3 Å². The van der Waals surface area contributed by atoms with Crippen LogP contribution in [-0.2, 0) is 14.1 Å². The van der Waals surface area contributed by atoms with Crippen LogP contribution < -0.4 is 10.5 Å². The van der Waals surface area contributed by atoms with E-state index in [1.54, 1.807) is 42.4 Å². The van der Waals surface area contributed by atoms with Gasteiger partial charge < -0.3 is 9.80 Å². The Bertz CT molecular complexity index is 1010. The van der Waals surface area contributed by atoms with E-state index in [2.05, 4.69) is 15.1 Å². The van der Waals surface area contributed by atoms with Crippen molar-refractivity contribution in [2.24, 2.45) is 14.1 Å². The SMILES string of the molecule is Cn1nc(-c2cccs2)cc1C(=O)N1CCN(c2cnn(C)c(=O)c2)CC1. The summed E-state index contributed by atoms with van der Waals surface area (Å²) in [6, 6.07) is 7.41. The van der Waals surface area contributed by atoms with Gasteiger partial charge in [-0.05, 0) is 17.5 Å². The molecule has 8 nitrogen and oxygen atoms in total. The summed E-state index contributed by atoms with van der Waals surface area (Å²) in [7, 11) is 3.42. The summed E-state index contributed by atoms with van der Waals surface area (Å²) in [4.78, 5) is 29.7. The Balaban J connectivity index is 1.46. The number of rotatable bonds is 3. The third-order valence-electron chi connectivity index (χ3n) is 4.76. The van der Waals surface area contributed by atoms with Crippen molar-refractivity contribution in [3.8, 4) is 10.6 Å². The van der Waals surface area contributed by atoms with Crippen LogP contribution in [0.5, 0.6) is 0 Å². The predicted octanol–water partition coefficient (Wildman–Crippen LogP) is 1.20. The molecule has 0 saturated carbocycles. The number of hydrogen-bond acceptors (Lipinski definition) is 6. The molecule has 140 valence electrons. The van der Waals surface area contributed by atoms with Crippen molar-refractivity contribution in [2.75, 3.05) is 31.1 Å². The lowest BCUT2D eigenvalue weighted by Gasteiger charge is -2.35. The Hall–Kier alpha value is -2.94. The Morgan fingerprint density at radius 3 is 2.56 bits per heavy atom. The lowest BCUT2D eigenvalue weighted by Crippen LogP contribution is -2.49. The molecule has 0 radical (unpaired) electrons. The van der Waals surface area contributed by atoms with Crippen molar-refractivity contribution in [3.05, 3.63) is 51.9 Å². The molecule has 4 heterocycles. The minimum Gasteiger partial charge on any atom is -0.367 e. The van der Waals surface area contributed by atoms with E-state index < -0.39 is 0 Å². The average molecular weight is 384 g/mol. The molecule has 1 saturated heterocycles. The Morgan fingerprint density at radius 1 is 1.11 bits per heavy atom. The minimum atomic E-state index is -0.137. The van der Waals surface area contributed by atoms with Gasteiger partial charge in [0.05, 0.1) is 16.8 Å². The number of thiophene rings is 1. The molecule has 0 atom stereocenters. The van der Waals surface area contributed by atoms with Crippen LogP contribution in [0.25, 0.3) is 10.6 Å². The van der Waals surface area contributed by atoms with E-state index in [1.807, 2.05) is 28.5 Å². The van der Waals surface area contributed by atoms with Crippen LogP contribution in [0.2, 0.25) is 0 Å². The molecule has 3 aromatic rings. The van der Waals surface area contributed by atoms with Crippen LogP contribution in [0.3, 0.4) is 0 Å². The van der Waals surface area contributed by atoms with Gasteiger partial charge in [-0.2, -0.15) is 10.2 Å². The molecule has 3 aromatic heterocycles. The van der Waals surface area contributed by atoms with Gasteiger partial charge in [0.25, 0.3) is 11.5 Å². The molecule has 0 bridgehead atoms. The van der Waals surface area contributed by atoms with Crippen LogP contribution >= 0.6 is 11.3 Å². The zero-order chi connectivity index (χ0) is 19.0. The molecule has 1 amide bonds. The van der Waals surface area contributed by atoms with Gasteiger partial charge in [0.1, 0.15) is 11.4 Å². The topological polar surface area (TPSA) is 76.3 Å². The monoisotopic (exact) mass is 384 g/mol. The number of nitrogens with zero attached hydrogens (tertiary/aromatic N) is 6. The maximum atomic E-state index is 12.9. The molecule has 4 rings (SSSR count). The highest BCUT2D eigenvalue weighted by Crippen LogP contribution is 2.24. The van der Waals surface area contributed by atoms with Gasteiger partial charge in [0.2, 0.25) is 0 Å². The zero-order valence-corrected chi connectivity index (χ0v) is 16.0. The van der Waals surface area contributed by atoms with Gasteiger partial charge in [-0.25, -0.2) is 4.68 Å². The smallest absolute Gasteiger partial charge is 0.272 e. The average Bonchev–Trinajstić information content (AvgIpc) is 3.33. The second kappa shape index (κ2) is 6.99. The molecule has 1 aliphatic heterocycles. The van der Waals surface area contributed by atoms with E-state index in [9.17, 15) is 9.59 Å². The van der Waals surface area contributed by atoms with E-state index in [4.69, 9.17) is 0 Å². The Kier molecular flexibility index (Phi) is 4.53. The maximum Gasteiger partial charge on any atom is 0.272 e. The molecular formula is C18H20N6O2S. The van der Waals surface area contributed by atoms with E-state index >= 15 is 0 Å². The summed E-state index contributed by atoms with van der Waals surface area (Å²) in [5, 5.41) is 10.5. The number of anilines is 1. The molecular weight excluding hydrogens is 364 g/mol. The second-order valence-corrected chi connectivity index (χ2v) is 7.42. The number of aromatic nitrogens is 4. The quantitative estimate of drug-likeness (QED) is 0.678. The summed E-state index contributed by atoms with van der Waals surface area (Å²) < 4.78 is 2.95. The molecule has 9 heteroatoms. The van der Waals surface area contributed by atoms with Gasteiger partial charge in [0.15, 0.2) is 0 Å². The molecule has 0 spiro atoms. The molecule has 0 aliphatic carbocycles. The fourth-order valence-corrected chi connectivity index (χ4v) is 3.86. The van der Waals surface area contributed by atoms with E-state index in [1.165, 1.54) is 4.68 Å². The van der Waals surface area contributed by atoms with Crippen LogP contribution in [0.15, 0.2) is 40.6 Å². The summed E-state index contributed by atoms with van der Waals surface area (Å²) in [5.74, 6) is -0.0189. The van der Waals surface area contributed by atoms with Crippen molar-refractivity contribution < 1.29 is 4.79 Å². The first-order chi connectivity index (χ1) is 13.0. The standard InChI is InChI=1S/C18H20N6O2S/c1-21-15(11-14(20-21)16-4-3-9-27-16)18(26)24-7-5-23(6-8-24)13-10-17(25)22(2)19-12-13/h3-4,9-12H,5-8H2,1-2H3. The van der Waals surface area contributed by atoms with E-state index in [0.717, 1.165) is 16.3 Å². The number of hydrogen-bond donors (Lipinski definition) is 0. The third kappa shape index (κ3) is 3.37. The summed E-state index contributed by atoms with van der Waals surface area (Å²) >= 11 is 1.60. The maximum absolute atomic E-state index is 12.9. The van der Waals surface area contributed by atoms with Crippen molar-refractivity contribution in [1.29, 1.82) is 0 Å². The first kappa shape index (κ1) is 17.5. The van der Waals surface area contributed by atoms with Crippen LogP contribution in [0, 0.1) is 0 Å². The molecule has 0 aromatic carbocycles. The molecule has 1 fully saturated rings. The fourth-order valence-electron chi connectivity index (χ4n) is 3.17. The van der Waals surface area contributed by atoms with Crippen molar-refractivity contribution in [3.63, 3.8) is 0 Å². The molecule has 0 unspecified atom stereocenters. The van der Waals surface area contributed by atoms with Gasteiger partial charge in [0, 0.05) is 46.3 Å². The first-order valence-corrected chi connectivity index (χ1v) is 9.56. The third-order valence-corrected chi connectivity index (χ3v) is 5.65. The zero-order valence-electron chi connectivity index (χ0n) is 15.2. The van der Waals surface area contributed by atoms with Gasteiger partial charge >= 0.3 is 0 Å². The highest BCUT2D eigenvalue weighted by Gasteiger charge is 2.25. The largest absolute Gasteiger partial charge is 0.367 e. The number of piperazine rings is 1. The highest BCUT2D eigenvalue weighted by atomic mass is 32.1. The van der Waals surface area contributed by atoms with Crippen molar-refractivity contribution >= 4 is 22.9 Å². The Morgan fingerprint density at radius 2 is 1.89 bits per heavy atom. The predicted molar refractivity (Wildman–Crippen MR) is 104 cm³/mol. The molecule has 1 aliphatic rings. The lowest BCUT2D eigenvalue weighted by molar-refractivity contribution is 0.0735. The number of carbonyl (C=O) groups is 1. The van der Waals surface area contributed by atoms with E-state index in [-0.39, 0.29) is 11.5 Å². The van der Waals surface area contributed by atoms with Gasteiger partial charge in [-0.1, -0.05) is 6.07 Å². The summed E-state index contributed by atoms with van der Waals surface area (Å²) in [6.07, 6.45) is 1.69. The van der Waals surface area contributed by atoms with Crippen LogP contribution in [0.4, 0.5) is 5.69 Å². The van der Waals surface area contributed by atoms with Gasteiger partial charge in [-0.15, -0.1) is 11.3 Å². The normalized spacial score (nSPS) is 14.6. The summed E-state index contributed by atoms with van der Waals surface area (Å²) in [5.41, 5.74) is 2.07. The number of amides is 1. The van der Waals surface area contributed by atoms with Crippen molar-refractivity contribution in [2.45, 2.75) is 0 Å². The first-order valence-electron chi connectivity index (χ1n) is 8.68. The van der Waals surface area contributed by atoms with Crippen molar-refractivity contribution in [1.82, 2.24) is 24.5 Å². The molecule has 0 N–H and O–H groups in total.